The first-order valence-electron chi connectivity index (χ1n) is 10.4. The standard InChI is InChI=1S/C25H38OSi/c1-7-8-9-10-11-12-16-21-24(26-27(5,6)25(2,3)4)22-17-20-23-18-14-13-15-19-23/h13-15,18-19,24H,7-11,21-22H2,1-6H3/t24-/m1/s1. The van der Waals surface area contributed by atoms with Gasteiger partial charge in [-0.25, -0.2) is 0 Å². The van der Waals surface area contributed by atoms with Crippen molar-refractivity contribution < 1.29 is 4.43 Å². The molecule has 0 N–H and O–H groups in total. The van der Waals surface area contributed by atoms with Gasteiger partial charge in [0.2, 0.25) is 0 Å². The van der Waals surface area contributed by atoms with Crippen molar-refractivity contribution in [1.82, 2.24) is 0 Å². The van der Waals surface area contributed by atoms with Gasteiger partial charge in [0.25, 0.3) is 0 Å². The van der Waals surface area contributed by atoms with Crippen LogP contribution in [0.5, 0.6) is 0 Å². The van der Waals surface area contributed by atoms with E-state index in [2.05, 4.69) is 64.5 Å². The van der Waals surface area contributed by atoms with E-state index in [4.69, 9.17) is 4.43 Å². The van der Waals surface area contributed by atoms with Gasteiger partial charge in [-0.2, -0.15) is 0 Å². The third-order valence-electron chi connectivity index (χ3n) is 5.21. The lowest BCUT2D eigenvalue weighted by atomic mass is 10.1. The van der Waals surface area contributed by atoms with Crippen LogP contribution in [0.1, 0.15) is 78.2 Å². The van der Waals surface area contributed by atoms with Gasteiger partial charge >= 0.3 is 0 Å². The number of hydrogen-bond acceptors (Lipinski definition) is 1. The quantitative estimate of drug-likeness (QED) is 0.263. The van der Waals surface area contributed by atoms with E-state index in [0.29, 0.717) is 0 Å². The molecule has 0 heterocycles. The van der Waals surface area contributed by atoms with E-state index in [1.54, 1.807) is 0 Å². The zero-order valence-corrected chi connectivity index (χ0v) is 19.3. The third kappa shape index (κ3) is 9.85. The van der Waals surface area contributed by atoms with E-state index in [0.717, 1.165) is 24.8 Å². The fourth-order valence-electron chi connectivity index (χ4n) is 2.45. The van der Waals surface area contributed by atoms with Gasteiger partial charge in [-0.3, -0.25) is 0 Å². The van der Waals surface area contributed by atoms with Gasteiger partial charge < -0.3 is 4.43 Å². The van der Waals surface area contributed by atoms with Crippen molar-refractivity contribution in [3.63, 3.8) is 0 Å². The molecule has 0 amide bonds. The molecule has 0 radical (unpaired) electrons. The predicted octanol–water partition coefficient (Wildman–Crippen LogP) is 7.18. The first kappa shape index (κ1) is 23.6. The Bertz CT molecular complexity index is 647. The molecule has 0 saturated carbocycles. The van der Waals surface area contributed by atoms with Crippen LogP contribution >= 0.6 is 0 Å². The first-order chi connectivity index (χ1) is 12.8. The summed E-state index contributed by atoms with van der Waals surface area (Å²) >= 11 is 0. The first-order valence-corrected chi connectivity index (χ1v) is 13.3. The van der Waals surface area contributed by atoms with Gasteiger partial charge in [-0.05, 0) is 36.7 Å². The Morgan fingerprint density at radius 2 is 1.59 bits per heavy atom. The minimum atomic E-state index is -1.82. The van der Waals surface area contributed by atoms with Gasteiger partial charge in [0.15, 0.2) is 8.32 Å². The molecule has 1 nitrogen and oxygen atoms in total. The molecule has 1 atom stereocenters. The van der Waals surface area contributed by atoms with Crippen molar-refractivity contribution in [1.29, 1.82) is 0 Å². The predicted molar refractivity (Wildman–Crippen MR) is 121 cm³/mol. The summed E-state index contributed by atoms with van der Waals surface area (Å²) in [7, 11) is -1.82. The zero-order valence-electron chi connectivity index (χ0n) is 18.3. The average Bonchev–Trinajstić information content (AvgIpc) is 2.60. The second kappa shape index (κ2) is 12.1. The van der Waals surface area contributed by atoms with Crippen LogP contribution in [-0.2, 0) is 4.43 Å². The number of hydrogen-bond donors (Lipinski definition) is 0. The van der Waals surface area contributed by atoms with Crippen molar-refractivity contribution in [2.24, 2.45) is 0 Å². The van der Waals surface area contributed by atoms with Crippen LogP contribution in [0.25, 0.3) is 0 Å². The topological polar surface area (TPSA) is 9.23 Å². The molecule has 0 bridgehead atoms. The molecule has 0 spiro atoms. The highest BCUT2D eigenvalue weighted by Crippen LogP contribution is 2.37. The minimum absolute atomic E-state index is 0.102. The molecule has 0 aliphatic carbocycles. The highest BCUT2D eigenvalue weighted by molar-refractivity contribution is 6.74. The summed E-state index contributed by atoms with van der Waals surface area (Å²) in [5.41, 5.74) is 1.06. The Morgan fingerprint density at radius 1 is 0.926 bits per heavy atom. The SMILES string of the molecule is CCCCCCC#CC[C@H](CC#Cc1ccccc1)O[Si](C)(C)C(C)(C)C. The second-order valence-corrected chi connectivity index (χ2v) is 13.5. The maximum absolute atomic E-state index is 6.62. The Balaban J connectivity index is 2.69. The summed E-state index contributed by atoms with van der Waals surface area (Å²) in [5.74, 6) is 13.3. The highest BCUT2D eigenvalue weighted by Gasteiger charge is 2.38. The van der Waals surface area contributed by atoms with E-state index in [-0.39, 0.29) is 11.1 Å². The molecular weight excluding hydrogens is 344 g/mol. The van der Waals surface area contributed by atoms with Gasteiger partial charge in [0.05, 0.1) is 6.10 Å². The monoisotopic (exact) mass is 382 g/mol. The van der Waals surface area contributed by atoms with Crippen LogP contribution in [0.2, 0.25) is 18.1 Å². The van der Waals surface area contributed by atoms with Crippen molar-refractivity contribution in [2.75, 3.05) is 0 Å². The molecule has 0 aliphatic heterocycles. The van der Waals surface area contributed by atoms with Gasteiger partial charge in [-0.15, -0.1) is 11.8 Å². The summed E-state index contributed by atoms with van der Waals surface area (Å²) in [6.07, 6.45) is 7.72. The number of unbranched alkanes of at least 4 members (excludes halogenated alkanes) is 4. The lowest BCUT2D eigenvalue weighted by molar-refractivity contribution is 0.191. The molecule has 0 aliphatic rings. The number of rotatable bonds is 8. The normalized spacial score (nSPS) is 12.5. The fraction of sp³-hybridized carbons (Fsp3) is 0.600. The summed E-state index contributed by atoms with van der Waals surface area (Å²) in [6, 6.07) is 10.2. The molecule has 148 valence electrons. The second-order valence-electron chi connectivity index (χ2n) is 8.74. The molecule has 0 aromatic heterocycles. The van der Waals surface area contributed by atoms with Crippen molar-refractivity contribution in [3.05, 3.63) is 35.9 Å². The van der Waals surface area contributed by atoms with Gasteiger partial charge in [0.1, 0.15) is 0 Å². The Morgan fingerprint density at radius 3 is 2.22 bits per heavy atom. The molecule has 0 saturated heterocycles. The fourth-order valence-corrected chi connectivity index (χ4v) is 3.81. The zero-order chi connectivity index (χ0) is 20.2. The van der Waals surface area contributed by atoms with E-state index in [9.17, 15) is 0 Å². The van der Waals surface area contributed by atoms with Gasteiger partial charge in [0, 0.05) is 24.8 Å². The maximum Gasteiger partial charge on any atom is 0.192 e. The molecule has 27 heavy (non-hydrogen) atoms. The number of benzene rings is 1. The van der Waals surface area contributed by atoms with Crippen LogP contribution in [-0.4, -0.2) is 14.4 Å². The van der Waals surface area contributed by atoms with E-state index < -0.39 is 8.32 Å². The average molecular weight is 383 g/mol. The van der Waals surface area contributed by atoms with Crippen LogP contribution in [0, 0.1) is 23.7 Å². The largest absolute Gasteiger partial charge is 0.412 e. The van der Waals surface area contributed by atoms with Crippen LogP contribution in [0.4, 0.5) is 0 Å². The molecule has 0 fully saturated rings. The summed E-state index contributed by atoms with van der Waals surface area (Å²) < 4.78 is 6.62. The van der Waals surface area contributed by atoms with Crippen LogP contribution < -0.4 is 0 Å². The summed E-state index contributed by atoms with van der Waals surface area (Å²) in [5, 5.41) is 0.200. The lowest BCUT2D eigenvalue weighted by Crippen LogP contribution is -2.43. The Labute approximate surface area is 169 Å². The van der Waals surface area contributed by atoms with Crippen molar-refractivity contribution in [2.45, 2.75) is 96.9 Å². The van der Waals surface area contributed by atoms with Crippen LogP contribution in [0.15, 0.2) is 30.3 Å². The molecule has 1 aromatic rings. The summed E-state index contributed by atoms with van der Waals surface area (Å²) in [4.78, 5) is 0. The maximum atomic E-state index is 6.62. The molecular formula is C25H38OSi. The molecule has 1 aromatic carbocycles. The smallest absolute Gasteiger partial charge is 0.192 e. The van der Waals surface area contributed by atoms with E-state index >= 15 is 0 Å². The van der Waals surface area contributed by atoms with Gasteiger partial charge in [-0.1, -0.05) is 77.0 Å². The van der Waals surface area contributed by atoms with Crippen molar-refractivity contribution >= 4 is 8.32 Å². The molecule has 2 heteroatoms. The molecule has 0 unspecified atom stereocenters. The Kier molecular flexibility index (Phi) is 10.5. The van der Waals surface area contributed by atoms with Crippen molar-refractivity contribution in [3.8, 4) is 23.7 Å². The highest BCUT2D eigenvalue weighted by atomic mass is 28.4. The lowest BCUT2D eigenvalue weighted by Gasteiger charge is -2.38. The third-order valence-corrected chi connectivity index (χ3v) is 9.75. The summed E-state index contributed by atoms with van der Waals surface area (Å²) in [6.45, 7) is 13.7. The van der Waals surface area contributed by atoms with E-state index in [1.807, 2.05) is 30.3 Å². The minimum Gasteiger partial charge on any atom is -0.412 e. The molecule has 1 rings (SSSR count). The van der Waals surface area contributed by atoms with Crippen LogP contribution in [0.3, 0.4) is 0 Å². The van der Waals surface area contributed by atoms with E-state index in [1.165, 1.54) is 25.7 Å². The Hall–Kier alpha value is -1.48.